The van der Waals surface area contributed by atoms with Gasteiger partial charge < -0.3 is 59.2 Å². The fourth-order valence-electron chi connectivity index (χ4n) is 3.19. The van der Waals surface area contributed by atoms with E-state index in [4.69, 9.17) is 18.6 Å². The number of rotatable bonds is 5. The van der Waals surface area contributed by atoms with Crippen molar-refractivity contribution in [1.82, 2.24) is 0 Å². The number of fused-ring (bicyclic) bond motifs is 1. The van der Waals surface area contributed by atoms with E-state index in [1.165, 1.54) is 0 Å². The van der Waals surface area contributed by atoms with Gasteiger partial charge in [0.25, 0.3) is 0 Å². The summed E-state index contributed by atoms with van der Waals surface area (Å²) in [6.45, 7) is -2.90. The second-order valence-electron chi connectivity index (χ2n) is 6.33. The maximum absolute atomic E-state index is 11.8. The van der Waals surface area contributed by atoms with Crippen molar-refractivity contribution in [2.75, 3.05) is 19.8 Å². The summed E-state index contributed by atoms with van der Waals surface area (Å²) >= 11 is 0. The number of hydrogen-bond donors (Lipinski definition) is 8. The molecule has 3 heterocycles. The smallest absolute Gasteiger partial charge is 0.457 e. The van der Waals surface area contributed by atoms with E-state index in [1.807, 2.05) is 0 Å². The molecule has 3 aliphatic heterocycles. The zero-order valence-electron chi connectivity index (χ0n) is 13.6. The average Bonchev–Trinajstić information content (AvgIpc) is 3.04. The Morgan fingerprint density at radius 3 is 1.96 bits per heavy atom. The lowest BCUT2D eigenvalue weighted by atomic mass is 9.94. The first-order valence-corrected chi connectivity index (χ1v) is 9.07. The molecule has 0 aromatic carbocycles. The highest BCUT2D eigenvalue weighted by atomic mass is 28.3. The highest BCUT2D eigenvalue weighted by molar-refractivity contribution is 6.27. The van der Waals surface area contributed by atoms with E-state index in [0.29, 0.717) is 0 Å². The fourth-order valence-corrected chi connectivity index (χ4v) is 4.19. The van der Waals surface area contributed by atoms with Crippen molar-refractivity contribution >= 4 is 9.17 Å². The van der Waals surface area contributed by atoms with Crippen LogP contribution in [0.15, 0.2) is 0 Å². The zero-order chi connectivity index (χ0) is 20.2. The van der Waals surface area contributed by atoms with Crippen molar-refractivity contribution in [3.63, 3.8) is 0 Å². The van der Waals surface area contributed by atoms with E-state index in [0.717, 1.165) is 0 Å². The molecule has 0 aliphatic carbocycles. The lowest BCUT2D eigenvalue weighted by Crippen LogP contribution is -2.75. The average molecular weight is 416 g/mol. The van der Waals surface area contributed by atoms with E-state index >= 15 is 0 Å². The van der Waals surface area contributed by atoms with Crippen LogP contribution in [0.4, 0.5) is 0 Å². The molecule has 3 rings (SSSR count). The maximum Gasteiger partial charge on any atom is 0.773 e. The molecule has 0 spiro atoms. The Labute approximate surface area is 152 Å². The van der Waals surface area contributed by atoms with E-state index in [1.54, 1.807) is 0 Å². The van der Waals surface area contributed by atoms with Crippen LogP contribution in [0.3, 0.4) is 0 Å². The van der Waals surface area contributed by atoms with Gasteiger partial charge in [-0.1, -0.05) is 0 Å². The van der Waals surface area contributed by atoms with Crippen LogP contribution in [0.5, 0.6) is 0 Å². The molecule has 0 amide bonds. The molecule has 3 aliphatic rings. The maximum atomic E-state index is 11.8. The molecular weight excluding hydrogens is 396 g/mol. The summed E-state index contributed by atoms with van der Waals surface area (Å²) in [5.74, 6) is -8.75. The summed E-state index contributed by atoms with van der Waals surface area (Å²) in [5, 5.41) is 79.1. The van der Waals surface area contributed by atoms with Gasteiger partial charge in [-0.3, -0.25) is 9.20 Å². The van der Waals surface area contributed by atoms with Crippen molar-refractivity contribution in [1.29, 1.82) is 0 Å². The third-order valence-corrected chi connectivity index (χ3v) is 5.61. The Morgan fingerprint density at radius 2 is 1.44 bits per heavy atom. The van der Waals surface area contributed by atoms with E-state index in [-0.39, 0.29) is 0 Å². The minimum atomic E-state index is -3.60. The molecule has 27 heavy (non-hydrogen) atoms. The van der Waals surface area contributed by atoms with Crippen LogP contribution in [-0.4, -0.2) is 124 Å². The number of aliphatic hydroxyl groups excluding tert-OH is 7. The van der Waals surface area contributed by atoms with Gasteiger partial charge in [0.15, 0.2) is 6.10 Å². The second-order valence-corrected chi connectivity index (χ2v) is 7.24. The molecular formula is C12H20O14Si. The third-order valence-electron chi connectivity index (χ3n) is 4.70. The Bertz CT molecular complexity index is 592. The lowest BCUT2D eigenvalue weighted by molar-refractivity contribution is -0.526. The van der Waals surface area contributed by atoms with Crippen molar-refractivity contribution in [3.8, 4) is 0 Å². The quantitative estimate of drug-likeness (QED) is 0.195. The predicted octanol–water partition coefficient (Wildman–Crippen LogP) is -6.28. The standard InChI is InChI=1S/C12H20O14Si/c13-1-4-6(16)8(18)10(3-15,22-4)24-12-11(20,25-27(21)26-12)9(19)7(17)5(2-14)23-12/h4-9,13-20H,1-3H2/t4-,5-,6-,7-,8+,9+,10?,11+,12-/m1/s1. The summed E-state index contributed by atoms with van der Waals surface area (Å²) in [6.07, 6.45) is -11.0. The Morgan fingerprint density at radius 1 is 0.889 bits per heavy atom. The van der Waals surface area contributed by atoms with Gasteiger partial charge in [0, 0.05) is 0 Å². The van der Waals surface area contributed by atoms with Crippen LogP contribution in [0, 0.1) is 0 Å². The van der Waals surface area contributed by atoms with Crippen molar-refractivity contribution in [2.45, 2.75) is 54.2 Å². The van der Waals surface area contributed by atoms with Crippen LogP contribution in [0.25, 0.3) is 0 Å². The van der Waals surface area contributed by atoms with Crippen LogP contribution < -0.4 is 0 Å². The van der Waals surface area contributed by atoms with Crippen LogP contribution in [0.2, 0.25) is 0 Å². The summed E-state index contributed by atoms with van der Waals surface area (Å²) < 4.78 is 36.9. The van der Waals surface area contributed by atoms with E-state index in [9.17, 15) is 45.3 Å². The van der Waals surface area contributed by atoms with Crippen LogP contribution >= 0.6 is 0 Å². The van der Waals surface area contributed by atoms with Crippen LogP contribution in [0.1, 0.15) is 0 Å². The fraction of sp³-hybridized carbons (Fsp3) is 1.00. The minimum absolute atomic E-state index is 0.796. The van der Waals surface area contributed by atoms with Gasteiger partial charge >= 0.3 is 20.9 Å². The molecule has 3 saturated heterocycles. The van der Waals surface area contributed by atoms with Gasteiger partial charge in [0.2, 0.25) is 5.79 Å². The van der Waals surface area contributed by atoms with Crippen molar-refractivity contribution < 1.29 is 68.4 Å². The Kier molecular flexibility index (Phi) is 5.34. The molecule has 0 radical (unpaired) electrons. The van der Waals surface area contributed by atoms with Gasteiger partial charge in [0.05, 0.1) is 13.2 Å². The van der Waals surface area contributed by atoms with Gasteiger partial charge in [-0.25, -0.2) is 0 Å². The molecule has 8 N–H and O–H groups in total. The molecule has 15 heteroatoms. The Hall–Kier alpha value is -0.823. The van der Waals surface area contributed by atoms with Gasteiger partial charge in [-0.15, -0.1) is 0 Å². The van der Waals surface area contributed by atoms with Crippen molar-refractivity contribution in [2.24, 2.45) is 0 Å². The Balaban J connectivity index is 2.02. The first kappa shape index (κ1) is 20.9. The topological polar surface area (TPSA) is 225 Å². The first-order chi connectivity index (χ1) is 12.6. The zero-order valence-corrected chi connectivity index (χ0v) is 14.6. The van der Waals surface area contributed by atoms with Crippen molar-refractivity contribution in [3.05, 3.63) is 0 Å². The monoisotopic (exact) mass is 416 g/mol. The van der Waals surface area contributed by atoms with Crippen LogP contribution in [-0.2, 0) is 27.5 Å². The minimum Gasteiger partial charge on any atom is -0.457 e. The number of aliphatic hydroxyl groups is 8. The summed E-state index contributed by atoms with van der Waals surface area (Å²) in [5.41, 5.74) is 0. The van der Waals surface area contributed by atoms with Gasteiger partial charge in [-0.2, -0.15) is 0 Å². The van der Waals surface area contributed by atoms with E-state index < -0.39 is 83.2 Å². The number of ether oxygens (including phenoxy) is 3. The molecule has 9 atom stereocenters. The molecule has 0 aromatic heterocycles. The van der Waals surface area contributed by atoms with Gasteiger partial charge in [-0.05, 0) is 0 Å². The lowest BCUT2D eigenvalue weighted by Gasteiger charge is -2.50. The summed E-state index contributed by atoms with van der Waals surface area (Å²) in [7, 11) is -3.60. The van der Waals surface area contributed by atoms with E-state index in [2.05, 4.69) is 4.43 Å². The molecule has 156 valence electrons. The molecule has 1 unspecified atom stereocenters. The molecule has 3 fully saturated rings. The van der Waals surface area contributed by atoms with Gasteiger partial charge in [0.1, 0.15) is 37.1 Å². The second kappa shape index (κ2) is 6.90. The highest BCUT2D eigenvalue weighted by Gasteiger charge is 2.78. The molecule has 0 bridgehead atoms. The molecule has 14 nitrogen and oxygen atoms in total. The largest absolute Gasteiger partial charge is 0.773 e. The summed E-state index contributed by atoms with van der Waals surface area (Å²) in [4.78, 5) is 0. The summed E-state index contributed by atoms with van der Waals surface area (Å²) in [6, 6.07) is 0. The third kappa shape index (κ3) is 2.83. The highest BCUT2D eigenvalue weighted by Crippen LogP contribution is 2.49. The molecule has 0 aromatic rings. The first-order valence-electron chi connectivity index (χ1n) is 7.84. The normalized spacial score (nSPS) is 52.4. The molecule has 0 saturated carbocycles. The predicted molar refractivity (Wildman–Crippen MR) is 75.1 cm³/mol. The SMILES string of the molecule is O=[Si]1O[C@@]2(OC3(CO)O[C@H](CO)[C@@H](O)[C@@H]3O)O[C@H](CO)[C@@H](O)[C@H](O)[C@]2(O)O1. The number of hydrogen-bond acceptors (Lipinski definition) is 14.